The summed E-state index contributed by atoms with van der Waals surface area (Å²) in [7, 11) is 0. The van der Waals surface area contributed by atoms with Crippen LogP contribution in [-0.4, -0.2) is 52.5 Å². The molecular formula is C23H30F2N4O2. The van der Waals surface area contributed by atoms with Crippen molar-refractivity contribution in [1.29, 1.82) is 0 Å². The van der Waals surface area contributed by atoms with Crippen LogP contribution in [-0.2, 0) is 11.3 Å². The second-order valence-electron chi connectivity index (χ2n) is 8.29. The lowest BCUT2D eigenvalue weighted by Gasteiger charge is -2.38. The van der Waals surface area contributed by atoms with Gasteiger partial charge in [0.25, 0.3) is 0 Å². The molecule has 0 bridgehead atoms. The van der Waals surface area contributed by atoms with E-state index in [4.69, 9.17) is 0 Å². The van der Waals surface area contributed by atoms with Crippen LogP contribution in [0.15, 0.2) is 36.5 Å². The number of fused-ring (bicyclic) bond motifs is 1. The fraction of sp³-hybridized carbons (Fsp3) is 0.478. The fourth-order valence-corrected chi connectivity index (χ4v) is 3.96. The van der Waals surface area contributed by atoms with Gasteiger partial charge in [0.05, 0.1) is 0 Å². The highest BCUT2D eigenvalue weighted by atomic mass is 19.1. The van der Waals surface area contributed by atoms with E-state index < -0.39 is 17.7 Å². The predicted octanol–water partition coefficient (Wildman–Crippen LogP) is 3.78. The number of hydrogen-bond donors (Lipinski definition) is 1. The van der Waals surface area contributed by atoms with Crippen molar-refractivity contribution in [3.05, 3.63) is 59.4 Å². The van der Waals surface area contributed by atoms with E-state index in [2.05, 4.69) is 5.32 Å². The zero-order valence-corrected chi connectivity index (χ0v) is 18.3. The Balaban J connectivity index is 1.89. The molecule has 1 aromatic carbocycles. The van der Waals surface area contributed by atoms with Crippen molar-refractivity contribution in [2.24, 2.45) is 5.92 Å². The minimum absolute atomic E-state index is 0.103. The van der Waals surface area contributed by atoms with Crippen molar-refractivity contribution in [3.8, 4) is 0 Å². The van der Waals surface area contributed by atoms with Crippen molar-refractivity contribution in [2.45, 2.75) is 39.8 Å². The minimum Gasteiger partial charge on any atom is -0.348 e. The second kappa shape index (κ2) is 9.94. The number of hydrogen-bond acceptors (Lipinski definition) is 2. The first kappa shape index (κ1) is 22.8. The molecule has 8 heteroatoms. The molecule has 168 valence electrons. The molecule has 1 aromatic heterocycles. The fourth-order valence-electron chi connectivity index (χ4n) is 3.96. The largest absolute Gasteiger partial charge is 0.348 e. The van der Waals surface area contributed by atoms with Gasteiger partial charge in [0.1, 0.15) is 24.2 Å². The number of carbonyl (C=O) groups is 2. The molecule has 2 heterocycles. The lowest BCUT2D eigenvalue weighted by Crippen LogP contribution is -2.50. The maximum atomic E-state index is 14.7. The molecule has 31 heavy (non-hydrogen) atoms. The summed E-state index contributed by atoms with van der Waals surface area (Å²) in [6.45, 7) is 7.72. The Labute approximate surface area is 181 Å². The summed E-state index contributed by atoms with van der Waals surface area (Å²) in [5.74, 6) is -1.45. The molecule has 1 unspecified atom stereocenters. The number of urea groups is 1. The van der Waals surface area contributed by atoms with Crippen LogP contribution < -0.4 is 5.32 Å². The number of amides is 3. The summed E-state index contributed by atoms with van der Waals surface area (Å²) in [5, 5.41) is 2.83. The number of rotatable bonds is 7. The molecule has 1 N–H and O–H groups in total. The maximum Gasteiger partial charge on any atom is 0.317 e. The molecule has 3 rings (SSSR count). The highest BCUT2D eigenvalue weighted by molar-refractivity contribution is 5.84. The van der Waals surface area contributed by atoms with Gasteiger partial charge in [-0.2, -0.15) is 0 Å². The highest BCUT2D eigenvalue weighted by Gasteiger charge is 2.35. The minimum atomic E-state index is -0.697. The summed E-state index contributed by atoms with van der Waals surface area (Å²) in [4.78, 5) is 29.1. The Morgan fingerprint density at radius 3 is 2.68 bits per heavy atom. The molecule has 1 aliphatic rings. The van der Waals surface area contributed by atoms with Crippen molar-refractivity contribution in [1.82, 2.24) is 19.7 Å². The van der Waals surface area contributed by atoms with Crippen molar-refractivity contribution in [2.75, 3.05) is 26.2 Å². The van der Waals surface area contributed by atoms with Gasteiger partial charge in [-0.25, -0.2) is 13.6 Å². The summed E-state index contributed by atoms with van der Waals surface area (Å²) in [6.07, 6.45) is 2.68. The standard InChI is InChI=1S/C23H30F2N4O2/c1-4-9-26-23(31)28(14-16(2)3)15-21(30)29-12-11-27-10-5-6-20(27)22(29)18-8-7-17(24)13-19(18)25/h5-8,10,13,16,22H,4,9,11-12,14-15H2,1-3H3,(H,26,31). The van der Waals surface area contributed by atoms with Crippen molar-refractivity contribution in [3.63, 3.8) is 0 Å². The molecule has 0 saturated heterocycles. The molecule has 0 saturated carbocycles. The van der Waals surface area contributed by atoms with Crippen LogP contribution in [0, 0.1) is 17.6 Å². The average molecular weight is 433 g/mol. The topological polar surface area (TPSA) is 57.6 Å². The van der Waals surface area contributed by atoms with E-state index in [1.54, 1.807) is 4.90 Å². The summed E-state index contributed by atoms with van der Waals surface area (Å²) in [5.41, 5.74) is 0.996. The predicted molar refractivity (Wildman–Crippen MR) is 114 cm³/mol. The first-order valence-corrected chi connectivity index (χ1v) is 10.7. The average Bonchev–Trinajstić information content (AvgIpc) is 3.19. The molecule has 2 aromatic rings. The van der Waals surface area contributed by atoms with Gasteiger partial charge in [0, 0.05) is 49.7 Å². The quantitative estimate of drug-likeness (QED) is 0.724. The van der Waals surface area contributed by atoms with E-state index in [1.165, 1.54) is 17.0 Å². The van der Waals surface area contributed by atoms with Gasteiger partial charge in [-0.15, -0.1) is 0 Å². The number of aromatic nitrogens is 1. The summed E-state index contributed by atoms with van der Waals surface area (Å²) >= 11 is 0. The van der Waals surface area contributed by atoms with Gasteiger partial charge in [0.15, 0.2) is 0 Å². The number of halogens is 2. The molecule has 0 radical (unpaired) electrons. The Kier molecular flexibility index (Phi) is 7.30. The molecule has 0 spiro atoms. The Morgan fingerprint density at radius 2 is 2.00 bits per heavy atom. The molecular weight excluding hydrogens is 402 g/mol. The van der Waals surface area contributed by atoms with E-state index in [1.807, 2.05) is 43.7 Å². The van der Waals surface area contributed by atoms with Crippen LogP contribution in [0.25, 0.3) is 0 Å². The van der Waals surface area contributed by atoms with Crippen molar-refractivity contribution < 1.29 is 18.4 Å². The van der Waals surface area contributed by atoms with E-state index in [9.17, 15) is 18.4 Å². The Morgan fingerprint density at radius 1 is 1.23 bits per heavy atom. The third-order valence-electron chi connectivity index (χ3n) is 5.34. The van der Waals surface area contributed by atoms with Gasteiger partial charge in [0.2, 0.25) is 5.91 Å². The Bertz CT molecular complexity index is 928. The third kappa shape index (κ3) is 5.24. The summed E-state index contributed by atoms with van der Waals surface area (Å²) < 4.78 is 30.2. The molecule has 6 nitrogen and oxygen atoms in total. The van der Waals surface area contributed by atoms with Crippen LogP contribution in [0.5, 0.6) is 0 Å². The van der Waals surface area contributed by atoms with Gasteiger partial charge in [-0.05, 0) is 30.5 Å². The van der Waals surface area contributed by atoms with Crippen LogP contribution in [0.1, 0.15) is 44.5 Å². The molecule has 1 aliphatic heterocycles. The maximum absolute atomic E-state index is 14.7. The normalized spacial score (nSPS) is 15.7. The highest BCUT2D eigenvalue weighted by Crippen LogP contribution is 2.34. The number of benzene rings is 1. The smallest absolute Gasteiger partial charge is 0.317 e. The first-order valence-electron chi connectivity index (χ1n) is 10.7. The van der Waals surface area contributed by atoms with Crippen LogP contribution in [0.2, 0.25) is 0 Å². The number of nitrogens with one attached hydrogen (secondary N) is 1. The van der Waals surface area contributed by atoms with Crippen molar-refractivity contribution >= 4 is 11.9 Å². The van der Waals surface area contributed by atoms with Crippen LogP contribution >= 0.6 is 0 Å². The molecule has 0 fully saturated rings. The first-order chi connectivity index (χ1) is 14.8. The van der Waals surface area contributed by atoms with Crippen LogP contribution in [0.3, 0.4) is 0 Å². The zero-order valence-electron chi connectivity index (χ0n) is 18.3. The number of carbonyl (C=O) groups excluding carboxylic acids is 2. The third-order valence-corrected chi connectivity index (χ3v) is 5.34. The van der Waals surface area contributed by atoms with Crippen LogP contribution in [0.4, 0.5) is 13.6 Å². The van der Waals surface area contributed by atoms with Gasteiger partial charge >= 0.3 is 6.03 Å². The lowest BCUT2D eigenvalue weighted by molar-refractivity contribution is -0.134. The second-order valence-corrected chi connectivity index (χ2v) is 8.29. The zero-order chi connectivity index (χ0) is 22.5. The molecule has 0 aliphatic carbocycles. The number of nitrogens with zero attached hydrogens (tertiary/aromatic N) is 3. The van der Waals surface area contributed by atoms with E-state index in [0.717, 1.165) is 18.2 Å². The molecule has 1 atom stereocenters. The van der Waals surface area contributed by atoms with Gasteiger partial charge < -0.3 is 19.7 Å². The molecule has 3 amide bonds. The Hall–Kier alpha value is -2.90. The van der Waals surface area contributed by atoms with E-state index in [0.29, 0.717) is 26.2 Å². The SMILES string of the molecule is CCCNC(=O)N(CC(=O)N1CCn2cccc2C1c1ccc(F)cc1F)CC(C)C. The summed E-state index contributed by atoms with van der Waals surface area (Å²) in [6, 6.07) is 6.14. The van der Waals surface area contributed by atoms with E-state index >= 15 is 0 Å². The van der Waals surface area contributed by atoms with Gasteiger partial charge in [-0.1, -0.05) is 26.8 Å². The lowest BCUT2D eigenvalue weighted by atomic mass is 9.99. The van der Waals surface area contributed by atoms with E-state index in [-0.39, 0.29) is 30.0 Å². The monoisotopic (exact) mass is 432 g/mol. The van der Waals surface area contributed by atoms with Gasteiger partial charge in [-0.3, -0.25) is 4.79 Å².